The third kappa shape index (κ3) is 4.57. The van der Waals surface area contributed by atoms with Crippen molar-refractivity contribution in [3.63, 3.8) is 0 Å². The van der Waals surface area contributed by atoms with Crippen molar-refractivity contribution in [2.24, 2.45) is 0 Å². The Kier molecular flexibility index (Phi) is 6.03. The van der Waals surface area contributed by atoms with Crippen LogP contribution in [0, 0.1) is 0 Å². The lowest BCUT2D eigenvalue weighted by atomic mass is 10.1. The molecule has 0 heterocycles. The molecule has 110 valence electrons. The summed E-state index contributed by atoms with van der Waals surface area (Å²) in [6.07, 6.45) is 1.03. The Bertz CT molecular complexity index is 483. The first-order valence-corrected chi connectivity index (χ1v) is 6.47. The van der Waals surface area contributed by atoms with Gasteiger partial charge in [-0.05, 0) is 25.5 Å². The van der Waals surface area contributed by atoms with Crippen LogP contribution in [0.4, 0.5) is 0 Å². The quantitative estimate of drug-likeness (QED) is 0.567. The minimum atomic E-state index is -0.0629. The van der Waals surface area contributed by atoms with Gasteiger partial charge in [-0.3, -0.25) is 9.59 Å². The number of methoxy groups -OCH3 is 1. The zero-order valence-electron chi connectivity index (χ0n) is 12.4. The second kappa shape index (κ2) is 7.53. The number of benzene rings is 1. The third-order valence-corrected chi connectivity index (χ3v) is 2.86. The molecule has 0 saturated carbocycles. The maximum absolute atomic E-state index is 11.5. The summed E-state index contributed by atoms with van der Waals surface area (Å²) in [5, 5.41) is 0. The molecule has 5 heteroatoms. The van der Waals surface area contributed by atoms with Gasteiger partial charge in [0, 0.05) is 26.6 Å². The van der Waals surface area contributed by atoms with Crippen LogP contribution >= 0.6 is 0 Å². The van der Waals surface area contributed by atoms with Crippen LogP contribution in [0.3, 0.4) is 0 Å². The van der Waals surface area contributed by atoms with E-state index in [1.165, 1.54) is 6.92 Å². The van der Waals surface area contributed by atoms with Crippen LogP contribution in [0.25, 0.3) is 0 Å². The zero-order valence-corrected chi connectivity index (χ0v) is 12.4. The SMILES string of the molecule is COc1ccc(C(C)=O)c(OCCCC(=O)N(C)C)c1. The molecule has 0 aliphatic carbocycles. The molecule has 0 aromatic heterocycles. The first-order chi connectivity index (χ1) is 9.45. The molecule has 1 aromatic rings. The summed E-state index contributed by atoms with van der Waals surface area (Å²) in [5.41, 5.74) is 0.518. The molecule has 0 N–H and O–H groups in total. The van der Waals surface area contributed by atoms with E-state index in [4.69, 9.17) is 9.47 Å². The molecular weight excluding hydrogens is 258 g/mol. The number of carbonyl (C=O) groups is 2. The van der Waals surface area contributed by atoms with Gasteiger partial charge < -0.3 is 14.4 Å². The lowest BCUT2D eigenvalue weighted by molar-refractivity contribution is -0.128. The minimum absolute atomic E-state index is 0.0611. The first-order valence-electron chi connectivity index (χ1n) is 6.47. The van der Waals surface area contributed by atoms with Gasteiger partial charge in [-0.2, -0.15) is 0 Å². The van der Waals surface area contributed by atoms with Gasteiger partial charge in [0.15, 0.2) is 5.78 Å². The Labute approximate surface area is 119 Å². The Morgan fingerprint density at radius 2 is 1.95 bits per heavy atom. The second-order valence-corrected chi connectivity index (χ2v) is 4.66. The maximum Gasteiger partial charge on any atom is 0.222 e. The number of carbonyl (C=O) groups excluding carboxylic acids is 2. The molecule has 0 bridgehead atoms. The Morgan fingerprint density at radius 3 is 2.50 bits per heavy atom. The lowest BCUT2D eigenvalue weighted by Crippen LogP contribution is -2.21. The molecule has 0 unspecified atom stereocenters. The fourth-order valence-electron chi connectivity index (χ4n) is 1.67. The highest BCUT2D eigenvalue weighted by atomic mass is 16.5. The second-order valence-electron chi connectivity index (χ2n) is 4.66. The van der Waals surface area contributed by atoms with Gasteiger partial charge >= 0.3 is 0 Å². The predicted molar refractivity (Wildman–Crippen MR) is 76.4 cm³/mol. The van der Waals surface area contributed by atoms with Crippen molar-refractivity contribution in [1.82, 2.24) is 4.90 Å². The van der Waals surface area contributed by atoms with E-state index in [9.17, 15) is 9.59 Å². The van der Waals surface area contributed by atoms with Crippen LogP contribution in [-0.2, 0) is 4.79 Å². The molecule has 1 rings (SSSR count). The standard InChI is InChI=1S/C15H21NO4/c1-11(17)13-8-7-12(19-4)10-14(13)20-9-5-6-15(18)16(2)3/h7-8,10H,5-6,9H2,1-4H3. The fraction of sp³-hybridized carbons (Fsp3) is 0.467. The number of hydrogen-bond acceptors (Lipinski definition) is 4. The number of amides is 1. The highest BCUT2D eigenvalue weighted by molar-refractivity contribution is 5.97. The normalized spacial score (nSPS) is 10.0. The number of rotatable bonds is 7. The Balaban J connectivity index is 2.62. The van der Waals surface area contributed by atoms with Crippen molar-refractivity contribution >= 4 is 11.7 Å². The van der Waals surface area contributed by atoms with Crippen molar-refractivity contribution < 1.29 is 19.1 Å². The predicted octanol–water partition coefficient (Wildman–Crippen LogP) is 2.15. The van der Waals surface area contributed by atoms with Crippen LogP contribution in [0.1, 0.15) is 30.1 Å². The van der Waals surface area contributed by atoms with Crippen LogP contribution in [0.5, 0.6) is 11.5 Å². The number of ether oxygens (including phenoxy) is 2. The molecule has 0 saturated heterocycles. The molecular formula is C15H21NO4. The molecule has 1 amide bonds. The van der Waals surface area contributed by atoms with E-state index in [-0.39, 0.29) is 11.7 Å². The summed E-state index contributed by atoms with van der Waals surface area (Å²) in [5.74, 6) is 1.13. The van der Waals surface area contributed by atoms with Crippen LogP contribution in [0.2, 0.25) is 0 Å². The first kappa shape index (κ1) is 16.0. The van der Waals surface area contributed by atoms with Crippen molar-refractivity contribution in [2.75, 3.05) is 27.8 Å². The number of Topliss-reactive ketones (excluding diaryl/α,β-unsaturated/α-hetero) is 1. The van der Waals surface area contributed by atoms with Crippen LogP contribution in [-0.4, -0.2) is 44.4 Å². The zero-order chi connectivity index (χ0) is 15.1. The summed E-state index contributed by atoms with van der Waals surface area (Å²) < 4.78 is 10.7. The van der Waals surface area contributed by atoms with Gasteiger partial charge in [-0.1, -0.05) is 0 Å². The highest BCUT2D eigenvalue weighted by Gasteiger charge is 2.10. The van der Waals surface area contributed by atoms with Gasteiger partial charge in [0.2, 0.25) is 5.91 Å². The van der Waals surface area contributed by atoms with Crippen molar-refractivity contribution in [2.45, 2.75) is 19.8 Å². The Hall–Kier alpha value is -2.04. The maximum atomic E-state index is 11.5. The van der Waals surface area contributed by atoms with Gasteiger partial charge in [-0.15, -0.1) is 0 Å². The van der Waals surface area contributed by atoms with Crippen molar-refractivity contribution in [3.8, 4) is 11.5 Å². The van der Waals surface area contributed by atoms with Gasteiger partial charge in [0.05, 0.1) is 19.3 Å². The van der Waals surface area contributed by atoms with E-state index >= 15 is 0 Å². The summed E-state index contributed by atoms with van der Waals surface area (Å²) in [4.78, 5) is 24.5. The van der Waals surface area contributed by atoms with E-state index < -0.39 is 0 Å². The topological polar surface area (TPSA) is 55.8 Å². The minimum Gasteiger partial charge on any atom is -0.497 e. The van der Waals surface area contributed by atoms with Gasteiger partial charge in [0.25, 0.3) is 0 Å². The molecule has 0 aliphatic rings. The average molecular weight is 279 g/mol. The highest BCUT2D eigenvalue weighted by Crippen LogP contribution is 2.25. The molecule has 0 fully saturated rings. The third-order valence-electron chi connectivity index (χ3n) is 2.86. The molecule has 0 atom stereocenters. The Morgan fingerprint density at radius 1 is 1.25 bits per heavy atom. The number of hydrogen-bond donors (Lipinski definition) is 0. The number of ketones is 1. The molecule has 0 spiro atoms. The van der Waals surface area contributed by atoms with Gasteiger partial charge in [-0.25, -0.2) is 0 Å². The van der Waals surface area contributed by atoms with Crippen LogP contribution in [0.15, 0.2) is 18.2 Å². The molecule has 1 aromatic carbocycles. The van der Waals surface area contributed by atoms with Crippen LogP contribution < -0.4 is 9.47 Å². The summed E-state index contributed by atoms with van der Waals surface area (Å²) in [6, 6.07) is 5.09. The smallest absolute Gasteiger partial charge is 0.222 e. The largest absolute Gasteiger partial charge is 0.497 e. The van der Waals surface area contributed by atoms with E-state index in [0.29, 0.717) is 36.5 Å². The number of nitrogens with zero attached hydrogens (tertiary/aromatic N) is 1. The fourth-order valence-corrected chi connectivity index (χ4v) is 1.67. The molecule has 0 aliphatic heterocycles. The summed E-state index contributed by atoms with van der Waals surface area (Å²) in [7, 11) is 5.00. The molecule has 20 heavy (non-hydrogen) atoms. The van der Waals surface area contributed by atoms with Gasteiger partial charge in [0.1, 0.15) is 11.5 Å². The summed E-state index contributed by atoms with van der Waals surface area (Å²) >= 11 is 0. The van der Waals surface area contributed by atoms with E-state index in [1.807, 2.05) is 0 Å². The van der Waals surface area contributed by atoms with E-state index in [1.54, 1.807) is 44.3 Å². The van der Waals surface area contributed by atoms with E-state index in [2.05, 4.69) is 0 Å². The van der Waals surface area contributed by atoms with Crippen molar-refractivity contribution in [1.29, 1.82) is 0 Å². The monoisotopic (exact) mass is 279 g/mol. The summed E-state index contributed by atoms with van der Waals surface area (Å²) in [6.45, 7) is 1.87. The molecule has 5 nitrogen and oxygen atoms in total. The van der Waals surface area contributed by atoms with E-state index in [0.717, 1.165) is 0 Å². The lowest BCUT2D eigenvalue weighted by Gasteiger charge is -2.12. The van der Waals surface area contributed by atoms with Crippen molar-refractivity contribution in [3.05, 3.63) is 23.8 Å². The average Bonchev–Trinajstić information content (AvgIpc) is 2.42. The molecule has 0 radical (unpaired) electrons.